The summed E-state index contributed by atoms with van der Waals surface area (Å²) < 4.78 is 12.9. The number of aryl methyl sites for hydroxylation is 1. The van der Waals surface area contributed by atoms with Crippen LogP contribution in [0.4, 0.5) is 0 Å². The summed E-state index contributed by atoms with van der Waals surface area (Å²) in [6, 6.07) is 13.6. The van der Waals surface area contributed by atoms with E-state index >= 15 is 0 Å². The molecule has 1 aromatic heterocycles. The number of hydrogen-bond donors (Lipinski definition) is 1. The van der Waals surface area contributed by atoms with Gasteiger partial charge in [-0.1, -0.05) is 53.5 Å². The van der Waals surface area contributed by atoms with Gasteiger partial charge in [-0.25, -0.2) is 4.79 Å². The molecule has 1 aliphatic heterocycles. The number of carbonyl (C=O) groups is 1. The Kier molecular flexibility index (Phi) is 7.93. The monoisotopic (exact) mass is 543 g/mol. The SMILES string of the molecule is CCOC(=O)C1CCN(C2CCc3[nH]c(=O)n(Cc4c(Cl)cc(OCc5ccccc5)cc4Cl)c3C2)C1. The number of likely N-dealkylation sites (tertiary alicyclic amines) is 1. The first-order valence-electron chi connectivity index (χ1n) is 12.8. The van der Waals surface area contributed by atoms with Gasteiger partial charge in [-0.05, 0) is 50.4 Å². The van der Waals surface area contributed by atoms with Gasteiger partial charge < -0.3 is 14.5 Å². The number of aromatic amines is 1. The van der Waals surface area contributed by atoms with Crippen molar-refractivity contribution < 1.29 is 14.3 Å². The lowest BCUT2D eigenvalue weighted by molar-refractivity contribution is -0.147. The minimum Gasteiger partial charge on any atom is -0.489 e. The van der Waals surface area contributed by atoms with E-state index in [0.29, 0.717) is 41.1 Å². The highest BCUT2D eigenvalue weighted by molar-refractivity contribution is 6.36. The Morgan fingerprint density at radius 1 is 1.14 bits per heavy atom. The van der Waals surface area contributed by atoms with E-state index in [1.807, 2.05) is 37.3 Å². The van der Waals surface area contributed by atoms with Crippen molar-refractivity contribution in [2.45, 2.75) is 51.8 Å². The number of ether oxygens (including phenoxy) is 2. The summed E-state index contributed by atoms with van der Waals surface area (Å²) in [5.41, 5.74) is 3.53. The molecule has 2 atom stereocenters. The number of benzene rings is 2. The van der Waals surface area contributed by atoms with Crippen molar-refractivity contribution in [2.24, 2.45) is 5.92 Å². The van der Waals surface area contributed by atoms with Gasteiger partial charge in [0.1, 0.15) is 12.4 Å². The zero-order valence-electron chi connectivity index (χ0n) is 20.8. The van der Waals surface area contributed by atoms with Crippen LogP contribution in [-0.2, 0) is 35.5 Å². The van der Waals surface area contributed by atoms with Crippen molar-refractivity contribution in [3.05, 3.63) is 85.5 Å². The van der Waals surface area contributed by atoms with Gasteiger partial charge in [0, 0.05) is 36.0 Å². The average molecular weight is 544 g/mol. The molecular formula is C28H31Cl2N3O4. The molecule has 1 aliphatic carbocycles. The Balaban J connectivity index is 1.30. The number of nitrogens with one attached hydrogen (secondary N) is 1. The number of imidazole rings is 1. The van der Waals surface area contributed by atoms with Crippen molar-refractivity contribution in [3.8, 4) is 5.75 Å². The molecule has 0 amide bonds. The average Bonchev–Trinajstić information content (AvgIpc) is 3.50. The first-order chi connectivity index (χ1) is 17.9. The molecule has 2 unspecified atom stereocenters. The first kappa shape index (κ1) is 25.9. The third-order valence-electron chi connectivity index (χ3n) is 7.37. The fourth-order valence-electron chi connectivity index (χ4n) is 5.39. The lowest BCUT2D eigenvalue weighted by Gasteiger charge is -2.31. The molecular weight excluding hydrogens is 513 g/mol. The van der Waals surface area contributed by atoms with Crippen LogP contribution >= 0.6 is 23.2 Å². The Bertz CT molecular complexity index is 1300. The molecule has 1 N–H and O–H groups in total. The number of aromatic nitrogens is 2. The molecule has 5 rings (SSSR count). The number of H-pyrrole nitrogens is 1. The summed E-state index contributed by atoms with van der Waals surface area (Å²) in [4.78, 5) is 30.5. The molecule has 2 aromatic carbocycles. The van der Waals surface area contributed by atoms with Gasteiger partial charge in [-0.15, -0.1) is 0 Å². The van der Waals surface area contributed by atoms with Crippen LogP contribution in [0.3, 0.4) is 0 Å². The van der Waals surface area contributed by atoms with Gasteiger partial charge >= 0.3 is 11.7 Å². The fraction of sp³-hybridized carbons (Fsp3) is 0.429. The lowest BCUT2D eigenvalue weighted by Crippen LogP contribution is -2.39. The highest BCUT2D eigenvalue weighted by Crippen LogP contribution is 2.33. The van der Waals surface area contributed by atoms with Crippen LogP contribution in [0.5, 0.6) is 5.75 Å². The minimum atomic E-state index is -0.159. The van der Waals surface area contributed by atoms with Crippen molar-refractivity contribution >= 4 is 29.2 Å². The number of rotatable bonds is 8. The zero-order chi connectivity index (χ0) is 25.9. The van der Waals surface area contributed by atoms with Crippen LogP contribution in [0.1, 0.15) is 42.3 Å². The second kappa shape index (κ2) is 11.3. The third kappa shape index (κ3) is 5.74. The van der Waals surface area contributed by atoms with Crippen molar-refractivity contribution in [1.29, 1.82) is 0 Å². The summed E-state index contributed by atoms with van der Waals surface area (Å²) in [5.74, 6) is 0.395. The second-order valence-corrected chi connectivity index (χ2v) is 10.5. The summed E-state index contributed by atoms with van der Waals surface area (Å²) in [6.07, 6.45) is 3.27. The predicted molar refractivity (Wildman–Crippen MR) is 144 cm³/mol. The van der Waals surface area contributed by atoms with Gasteiger partial charge in [-0.3, -0.25) is 14.3 Å². The summed E-state index contributed by atoms with van der Waals surface area (Å²) >= 11 is 13.3. The van der Waals surface area contributed by atoms with Gasteiger partial charge in [-0.2, -0.15) is 0 Å². The van der Waals surface area contributed by atoms with Crippen LogP contribution in [-0.4, -0.2) is 46.2 Å². The summed E-state index contributed by atoms with van der Waals surface area (Å²) in [5, 5.41) is 0.920. The van der Waals surface area contributed by atoms with E-state index in [1.165, 1.54) is 0 Å². The number of nitrogens with zero attached hydrogens (tertiary/aromatic N) is 2. The highest BCUT2D eigenvalue weighted by Gasteiger charge is 2.35. The fourth-order valence-corrected chi connectivity index (χ4v) is 5.98. The number of carbonyl (C=O) groups excluding carboxylic acids is 1. The van der Waals surface area contributed by atoms with Gasteiger partial charge in [0.05, 0.1) is 29.1 Å². The minimum absolute atomic E-state index is 0.0741. The topological polar surface area (TPSA) is 76.6 Å². The van der Waals surface area contributed by atoms with Crippen molar-refractivity contribution in [3.63, 3.8) is 0 Å². The maximum absolute atomic E-state index is 12.9. The molecule has 196 valence electrons. The van der Waals surface area contributed by atoms with Crippen LogP contribution in [0, 0.1) is 5.92 Å². The van der Waals surface area contributed by atoms with Crippen LogP contribution in [0.2, 0.25) is 10.0 Å². The molecule has 0 radical (unpaired) electrons. The normalized spacial score (nSPS) is 19.5. The van der Waals surface area contributed by atoms with Crippen LogP contribution < -0.4 is 10.4 Å². The third-order valence-corrected chi connectivity index (χ3v) is 8.04. The smallest absolute Gasteiger partial charge is 0.326 e. The number of esters is 1. The van der Waals surface area contributed by atoms with E-state index in [-0.39, 0.29) is 30.2 Å². The summed E-state index contributed by atoms with van der Waals surface area (Å²) in [6.45, 7) is 4.49. The largest absolute Gasteiger partial charge is 0.489 e. The molecule has 9 heteroatoms. The van der Waals surface area contributed by atoms with E-state index in [2.05, 4.69) is 9.88 Å². The highest BCUT2D eigenvalue weighted by atomic mass is 35.5. The molecule has 2 aliphatic rings. The molecule has 3 aromatic rings. The standard InChI is InChI=1S/C28H31Cl2N3O4/c1-2-36-27(34)19-10-11-32(15-19)20-8-9-25-26(12-20)33(28(35)31-25)16-22-23(29)13-21(14-24(22)30)37-17-18-6-4-3-5-7-18/h3-7,13-14,19-20H,2,8-12,15-17H2,1H3,(H,31,35). The van der Waals surface area contributed by atoms with Crippen LogP contribution in [0.15, 0.2) is 47.3 Å². The molecule has 7 nitrogen and oxygen atoms in total. The van der Waals surface area contributed by atoms with Gasteiger partial charge in [0.15, 0.2) is 0 Å². The van der Waals surface area contributed by atoms with E-state index < -0.39 is 0 Å². The summed E-state index contributed by atoms with van der Waals surface area (Å²) in [7, 11) is 0. The number of halogens is 2. The quantitative estimate of drug-likeness (QED) is 0.411. The Labute approximate surface area is 226 Å². The number of fused-ring (bicyclic) bond motifs is 1. The molecule has 37 heavy (non-hydrogen) atoms. The molecule has 0 saturated carbocycles. The van der Waals surface area contributed by atoms with Crippen molar-refractivity contribution in [2.75, 3.05) is 19.7 Å². The van der Waals surface area contributed by atoms with Gasteiger partial charge in [0.2, 0.25) is 0 Å². The Hall–Kier alpha value is -2.74. The maximum atomic E-state index is 12.9. The number of hydrogen-bond acceptors (Lipinski definition) is 5. The lowest BCUT2D eigenvalue weighted by atomic mass is 9.94. The Morgan fingerprint density at radius 3 is 2.62 bits per heavy atom. The van der Waals surface area contributed by atoms with Crippen LogP contribution in [0.25, 0.3) is 0 Å². The zero-order valence-corrected chi connectivity index (χ0v) is 22.4. The van der Waals surface area contributed by atoms with Crippen molar-refractivity contribution in [1.82, 2.24) is 14.5 Å². The molecule has 0 bridgehead atoms. The second-order valence-electron chi connectivity index (χ2n) is 9.71. The molecule has 1 saturated heterocycles. The maximum Gasteiger partial charge on any atom is 0.326 e. The van der Waals surface area contributed by atoms with E-state index in [9.17, 15) is 9.59 Å². The van der Waals surface area contributed by atoms with E-state index in [1.54, 1.807) is 16.7 Å². The van der Waals surface area contributed by atoms with Gasteiger partial charge in [0.25, 0.3) is 0 Å². The van der Waals surface area contributed by atoms with E-state index in [4.69, 9.17) is 32.7 Å². The predicted octanol–water partition coefficient (Wildman–Crippen LogP) is 4.85. The first-order valence-corrected chi connectivity index (χ1v) is 13.5. The molecule has 2 heterocycles. The molecule has 0 spiro atoms. The molecule has 1 fully saturated rings. The van der Waals surface area contributed by atoms with E-state index in [0.717, 1.165) is 49.2 Å². The Morgan fingerprint density at radius 2 is 1.89 bits per heavy atom.